The third kappa shape index (κ3) is 1.84. The van der Waals surface area contributed by atoms with E-state index in [-0.39, 0.29) is 11.9 Å². The smallest absolute Gasteiger partial charge is 0.137 e. The standard InChI is InChI=1S/C9H11BrFN/c1-2-8(12)6-4-3-5-7(11)9(6)10/h3-5,8H,2,12H2,1H3/t8-/m0/s1. The van der Waals surface area contributed by atoms with Crippen molar-refractivity contribution in [2.45, 2.75) is 19.4 Å². The van der Waals surface area contributed by atoms with Crippen molar-refractivity contribution in [3.05, 3.63) is 34.1 Å². The molecule has 0 saturated heterocycles. The van der Waals surface area contributed by atoms with Crippen molar-refractivity contribution in [1.82, 2.24) is 0 Å². The lowest BCUT2D eigenvalue weighted by molar-refractivity contribution is 0.608. The quantitative estimate of drug-likeness (QED) is 0.833. The second-order valence-corrected chi connectivity index (χ2v) is 3.45. The van der Waals surface area contributed by atoms with Crippen molar-refractivity contribution in [2.24, 2.45) is 5.73 Å². The van der Waals surface area contributed by atoms with Crippen LogP contribution in [0.15, 0.2) is 22.7 Å². The van der Waals surface area contributed by atoms with Gasteiger partial charge in [0.1, 0.15) is 5.82 Å². The third-order valence-corrected chi connectivity index (χ3v) is 2.66. The summed E-state index contributed by atoms with van der Waals surface area (Å²) in [6.07, 6.45) is 0.808. The molecule has 1 aromatic rings. The molecule has 1 aromatic carbocycles. The van der Waals surface area contributed by atoms with Gasteiger partial charge in [0.05, 0.1) is 4.47 Å². The van der Waals surface area contributed by atoms with Crippen LogP contribution < -0.4 is 5.73 Å². The molecule has 1 atom stereocenters. The minimum Gasteiger partial charge on any atom is -0.324 e. The van der Waals surface area contributed by atoms with Crippen LogP contribution in [0.5, 0.6) is 0 Å². The van der Waals surface area contributed by atoms with Crippen LogP contribution in [0.3, 0.4) is 0 Å². The molecule has 66 valence electrons. The molecule has 0 aliphatic rings. The summed E-state index contributed by atoms with van der Waals surface area (Å²) in [7, 11) is 0. The number of rotatable bonds is 2. The highest BCUT2D eigenvalue weighted by molar-refractivity contribution is 9.10. The Hall–Kier alpha value is -0.410. The summed E-state index contributed by atoms with van der Waals surface area (Å²) < 4.78 is 13.5. The summed E-state index contributed by atoms with van der Waals surface area (Å²) in [6.45, 7) is 1.97. The second-order valence-electron chi connectivity index (χ2n) is 2.66. The van der Waals surface area contributed by atoms with Crippen molar-refractivity contribution < 1.29 is 4.39 Å². The molecule has 0 fully saturated rings. The molecule has 0 saturated carbocycles. The molecule has 12 heavy (non-hydrogen) atoms. The van der Waals surface area contributed by atoms with Gasteiger partial charge in [0.25, 0.3) is 0 Å². The van der Waals surface area contributed by atoms with Gasteiger partial charge in [0.2, 0.25) is 0 Å². The van der Waals surface area contributed by atoms with Crippen LogP contribution in [0.2, 0.25) is 0 Å². The van der Waals surface area contributed by atoms with Crippen LogP contribution in [-0.2, 0) is 0 Å². The first-order valence-electron chi connectivity index (χ1n) is 3.86. The van der Waals surface area contributed by atoms with Crippen molar-refractivity contribution in [3.8, 4) is 0 Å². The molecule has 0 aromatic heterocycles. The highest BCUT2D eigenvalue weighted by Gasteiger charge is 2.10. The summed E-state index contributed by atoms with van der Waals surface area (Å²) in [5.74, 6) is -0.253. The molecule has 0 unspecified atom stereocenters. The third-order valence-electron chi connectivity index (χ3n) is 1.82. The van der Waals surface area contributed by atoms with E-state index in [0.717, 1.165) is 12.0 Å². The van der Waals surface area contributed by atoms with Gasteiger partial charge in [0.15, 0.2) is 0 Å². The molecule has 1 rings (SSSR count). The van der Waals surface area contributed by atoms with E-state index in [1.54, 1.807) is 6.07 Å². The summed E-state index contributed by atoms with van der Waals surface area (Å²) >= 11 is 3.17. The summed E-state index contributed by atoms with van der Waals surface area (Å²) in [6, 6.07) is 4.83. The Kier molecular flexibility index (Phi) is 3.23. The van der Waals surface area contributed by atoms with E-state index in [1.165, 1.54) is 6.07 Å². The molecule has 0 aliphatic carbocycles. The van der Waals surface area contributed by atoms with Gasteiger partial charge in [-0.15, -0.1) is 0 Å². The van der Waals surface area contributed by atoms with Gasteiger partial charge in [-0.1, -0.05) is 19.1 Å². The highest BCUT2D eigenvalue weighted by atomic mass is 79.9. The zero-order valence-corrected chi connectivity index (χ0v) is 8.44. The van der Waals surface area contributed by atoms with E-state index in [1.807, 2.05) is 13.0 Å². The Bertz CT molecular complexity index is 275. The number of benzene rings is 1. The van der Waals surface area contributed by atoms with Gasteiger partial charge < -0.3 is 5.73 Å². The topological polar surface area (TPSA) is 26.0 Å². The number of nitrogens with two attached hydrogens (primary N) is 1. The molecule has 0 radical (unpaired) electrons. The number of hydrogen-bond acceptors (Lipinski definition) is 1. The molecule has 2 N–H and O–H groups in total. The summed E-state index contributed by atoms with van der Waals surface area (Å²) in [5.41, 5.74) is 6.60. The van der Waals surface area contributed by atoms with E-state index in [9.17, 15) is 4.39 Å². The zero-order valence-electron chi connectivity index (χ0n) is 6.85. The largest absolute Gasteiger partial charge is 0.324 e. The molecular formula is C9H11BrFN. The van der Waals surface area contributed by atoms with Crippen LogP contribution in [0.1, 0.15) is 24.9 Å². The SMILES string of the molecule is CC[C@H](N)c1cccc(F)c1Br. The lowest BCUT2D eigenvalue weighted by Crippen LogP contribution is -2.09. The fraction of sp³-hybridized carbons (Fsp3) is 0.333. The maximum Gasteiger partial charge on any atom is 0.137 e. The molecular weight excluding hydrogens is 221 g/mol. The fourth-order valence-electron chi connectivity index (χ4n) is 1.03. The first-order chi connectivity index (χ1) is 5.66. The number of halogens is 2. The van der Waals surface area contributed by atoms with E-state index < -0.39 is 0 Å². The maximum absolute atomic E-state index is 13.0. The monoisotopic (exact) mass is 231 g/mol. The predicted molar refractivity (Wildman–Crippen MR) is 51.3 cm³/mol. The lowest BCUT2D eigenvalue weighted by atomic mass is 10.1. The van der Waals surface area contributed by atoms with E-state index >= 15 is 0 Å². The van der Waals surface area contributed by atoms with Crippen molar-refractivity contribution in [1.29, 1.82) is 0 Å². The van der Waals surface area contributed by atoms with Gasteiger partial charge in [-0.2, -0.15) is 0 Å². The maximum atomic E-state index is 13.0. The van der Waals surface area contributed by atoms with Gasteiger partial charge in [0, 0.05) is 6.04 Å². The Morgan fingerprint density at radius 2 is 2.25 bits per heavy atom. The Morgan fingerprint density at radius 1 is 1.58 bits per heavy atom. The van der Waals surface area contributed by atoms with Crippen LogP contribution >= 0.6 is 15.9 Å². The predicted octanol–water partition coefficient (Wildman–Crippen LogP) is 3.00. The Labute approximate surface area is 79.9 Å². The van der Waals surface area contributed by atoms with Crippen LogP contribution in [0.4, 0.5) is 4.39 Å². The van der Waals surface area contributed by atoms with Crippen LogP contribution in [0, 0.1) is 5.82 Å². The van der Waals surface area contributed by atoms with Gasteiger partial charge in [-0.3, -0.25) is 0 Å². The number of hydrogen-bond donors (Lipinski definition) is 1. The van der Waals surface area contributed by atoms with Crippen molar-refractivity contribution in [2.75, 3.05) is 0 Å². The molecule has 0 heterocycles. The van der Waals surface area contributed by atoms with Crippen molar-refractivity contribution >= 4 is 15.9 Å². The first kappa shape index (κ1) is 9.68. The summed E-state index contributed by atoms with van der Waals surface area (Å²) in [4.78, 5) is 0. The average molecular weight is 232 g/mol. The van der Waals surface area contributed by atoms with E-state index in [2.05, 4.69) is 15.9 Å². The molecule has 1 nitrogen and oxygen atoms in total. The molecule has 0 spiro atoms. The lowest BCUT2D eigenvalue weighted by Gasteiger charge is -2.11. The first-order valence-corrected chi connectivity index (χ1v) is 4.65. The zero-order chi connectivity index (χ0) is 9.14. The van der Waals surface area contributed by atoms with Crippen molar-refractivity contribution in [3.63, 3.8) is 0 Å². The molecule has 3 heteroatoms. The minimum absolute atomic E-state index is 0.0879. The average Bonchev–Trinajstić information content (AvgIpc) is 2.08. The second kappa shape index (κ2) is 4.01. The normalized spacial score (nSPS) is 13.0. The van der Waals surface area contributed by atoms with Crippen LogP contribution in [0.25, 0.3) is 0 Å². The van der Waals surface area contributed by atoms with Gasteiger partial charge in [-0.05, 0) is 34.0 Å². The highest BCUT2D eigenvalue weighted by Crippen LogP contribution is 2.25. The Balaban J connectivity index is 3.07. The Morgan fingerprint density at radius 3 is 2.83 bits per heavy atom. The van der Waals surface area contributed by atoms with Gasteiger partial charge >= 0.3 is 0 Å². The minimum atomic E-state index is -0.253. The fourth-order valence-corrected chi connectivity index (χ4v) is 1.59. The molecule has 0 bridgehead atoms. The molecule has 0 aliphatic heterocycles. The summed E-state index contributed by atoms with van der Waals surface area (Å²) in [5, 5.41) is 0. The van der Waals surface area contributed by atoms with Gasteiger partial charge in [-0.25, -0.2) is 4.39 Å². The molecule has 0 amide bonds. The van der Waals surface area contributed by atoms with E-state index in [4.69, 9.17) is 5.73 Å². The van der Waals surface area contributed by atoms with E-state index in [0.29, 0.717) is 4.47 Å². The van der Waals surface area contributed by atoms with Crippen LogP contribution in [-0.4, -0.2) is 0 Å².